The smallest absolute Gasteiger partial charge is 0.254 e. The van der Waals surface area contributed by atoms with E-state index in [2.05, 4.69) is 25.7 Å². The minimum absolute atomic E-state index is 0.194. The Kier molecular flexibility index (Phi) is 5.44. The molecule has 0 spiro atoms. The van der Waals surface area contributed by atoms with Crippen molar-refractivity contribution in [2.75, 3.05) is 0 Å². The highest BCUT2D eigenvalue weighted by atomic mass is 16.2. The lowest BCUT2D eigenvalue weighted by Gasteiger charge is -2.38. The van der Waals surface area contributed by atoms with Gasteiger partial charge in [0, 0.05) is 17.6 Å². The molecule has 0 saturated heterocycles. The van der Waals surface area contributed by atoms with Crippen molar-refractivity contribution in [3.05, 3.63) is 35.4 Å². The summed E-state index contributed by atoms with van der Waals surface area (Å²) in [4.78, 5) is 15.1. The number of carbonyl (C=O) groups is 1. The van der Waals surface area contributed by atoms with E-state index in [4.69, 9.17) is 0 Å². The van der Waals surface area contributed by atoms with Crippen molar-refractivity contribution in [2.24, 2.45) is 5.92 Å². The summed E-state index contributed by atoms with van der Waals surface area (Å²) < 4.78 is 0. The molecule has 1 saturated carbocycles. The zero-order valence-electron chi connectivity index (χ0n) is 13.9. The molecule has 1 amide bonds. The minimum atomic E-state index is 0.194. The molecule has 0 heterocycles. The standard InChI is InChI=1S/C19H29NO/c1-5-15(3)20(16(4)13-17-9-7-10-17)19(21)18-11-6-8-14(2)12-18/h6,8,11-12,15-17H,5,7,9-10,13H2,1-4H3. The fraction of sp³-hybridized carbons (Fsp3) is 0.632. The average molecular weight is 287 g/mol. The molecule has 2 nitrogen and oxygen atoms in total. The normalized spacial score (nSPS) is 17.9. The molecular formula is C19H29NO. The van der Waals surface area contributed by atoms with E-state index in [1.54, 1.807) is 0 Å². The van der Waals surface area contributed by atoms with Crippen LogP contribution in [-0.2, 0) is 0 Å². The van der Waals surface area contributed by atoms with Gasteiger partial charge in [-0.15, -0.1) is 0 Å². The van der Waals surface area contributed by atoms with Gasteiger partial charge in [-0.25, -0.2) is 0 Å². The van der Waals surface area contributed by atoms with Gasteiger partial charge in [0.2, 0.25) is 0 Å². The van der Waals surface area contributed by atoms with E-state index < -0.39 is 0 Å². The van der Waals surface area contributed by atoms with E-state index in [1.165, 1.54) is 19.3 Å². The zero-order chi connectivity index (χ0) is 15.4. The molecule has 1 aliphatic rings. The lowest BCUT2D eigenvalue weighted by Crippen LogP contribution is -2.45. The van der Waals surface area contributed by atoms with Crippen LogP contribution >= 0.6 is 0 Å². The second-order valence-electron chi connectivity index (χ2n) is 6.72. The van der Waals surface area contributed by atoms with Crippen LogP contribution in [0, 0.1) is 12.8 Å². The predicted octanol–water partition coefficient (Wildman–Crippen LogP) is 4.81. The van der Waals surface area contributed by atoms with Gasteiger partial charge in [0.25, 0.3) is 5.91 Å². The molecule has 116 valence electrons. The Morgan fingerprint density at radius 2 is 2.00 bits per heavy atom. The second-order valence-corrected chi connectivity index (χ2v) is 6.72. The first kappa shape index (κ1) is 16.1. The van der Waals surface area contributed by atoms with Crippen molar-refractivity contribution in [1.82, 2.24) is 4.90 Å². The fourth-order valence-corrected chi connectivity index (χ4v) is 3.28. The Bertz CT molecular complexity index is 478. The van der Waals surface area contributed by atoms with Crippen LogP contribution in [0.15, 0.2) is 24.3 Å². The van der Waals surface area contributed by atoms with Crippen molar-refractivity contribution < 1.29 is 4.79 Å². The van der Waals surface area contributed by atoms with Crippen LogP contribution in [0.1, 0.15) is 68.8 Å². The summed E-state index contributed by atoms with van der Waals surface area (Å²) in [6.07, 6.45) is 6.22. The molecular weight excluding hydrogens is 258 g/mol. The summed E-state index contributed by atoms with van der Waals surface area (Å²) in [5.41, 5.74) is 1.98. The van der Waals surface area contributed by atoms with Crippen LogP contribution in [0.3, 0.4) is 0 Å². The molecule has 0 aromatic heterocycles. The van der Waals surface area contributed by atoms with E-state index >= 15 is 0 Å². The van der Waals surface area contributed by atoms with Gasteiger partial charge in [-0.2, -0.15) is 0 Å². The van der Waals surface area contributed by atoms with Crippen molar-refractivity contribution in [1.29, 1.82) is 0 Å². The summed E-state index contributed by atoms with van der Waals surface area (Å²) in [6, 6.07) is 8.61. The van der Waals surface area contributed by atoms with Crippen molar-refractivity contribution in [2.45, 2.75) is 71.9 Å². The number of aryl methyl sites for hydroxylation is 1. The molecule has 1 aromatic carbocycles. The van der Waals surface area contributed by atoms with E-state index in [9.17, 15) is 4.79 Å². The number of hydrogen-bond donors (Lipinski definition) is 0. The van der Waals surface area contributed by atoms with Gasteiger partial charge in [0.1, 0.15) is 0 Å². The van der Waals surface area contributed by atoms with E-state index in [0.29, 0.717) is 12.1 Å². The molecule has 0 bridgehead atoms. The van der Waals surface area contributed by atoms with E-state index in [1.807, 2.05) is 31.2 Å². The Morgan fingerprint density at radius 1 is 1.29 bits per heavy atom. The topological polar surface area (TPSA) is 20.3 Å². The summed E-state index contributed by atoms with van der Waals surface area (Å²) in [6.45, 7) is 8.60. The minimum Gasteiger partial charge on any atom is -0.333 e. The van der Waals surface area contributed by atoms with Crippen molar-refractivity contribution >= 4 is 5.91 Å². The summed E-state index contributed by atoms with van der Waals surface area (Å²) in [7, 11) is 0. The van der Waals surface area contributed by atoms with Gasteiger partial charge >= 0.3 is 0 Å². The summed E-state index contributed by atoms with van der Waals surface area (Å²) in [5, 5.41) is 0. The molecule has 2 atom stereocenters. The molecule has 2 heteroatoms. The van der Waals surface area contributed by atoms with Crippen LogP contribution in [0.5, 0.6) is 0 Å². The van der Waals surface area contributed by atoms with Gasteiger partial charge in [-0.05, 0) is 51.7 Å². The van der Waals surface area contributed by atoms with Crippen LogP contribution in [0.25, 0.3) is 0 Å². The maximum absolute atomic E-state index is 13.0. The van der Waals surface area contributed by atoms with Gasteiger partial charge < -0.3 is 4.90 Å². The fourth-order valence-electron chi connectivity index (χ4n) is 3.28. The maximum atomic E-state index is 13.0. The zero-order valence-corrected chi connectivity index (χ0v) is 13.9. The second kappa shape index (κ2) is 7.11. The number of nitrogens with zero attached hydrogens (tertiary/aromatic N) is 1. The van der Waals surface area contributed by atoms with Gasteiger partial charge in [-0.3, -0.25) is 4.79 Å². The van der Waals surface area contributed by atoms with Crippen LogP contribution < -0.4 is 0 Å². The molecule has 0 radical (unpaired) electrons. The quantitative estimate of drug-likeness (QED) is 0.735. The number of rotatable bonds is 6. The summed E-state index contributed by atoms with van der Waals surface area (Å²) in [5.74, 6) is 1.02. The Morgan fingerprint density at radius 3 is 2.52 bits per heavy atom. The SMILES string of the molecule is CCC(C)N(C(=O)c1cccc(C)c1)C(C)CC1CCC1. The van der Waals surface area contributed by atoms with Crippen LogP contribution in [0.2, 0.25) is 0 Å². The Balaban J connectivity index is 2.15. The molecule has 0 aliphatic heterocycles. The number of carbonyl (C=O) groups excluding carboxylic acids is 1. The number of benzene rings is 1. The molecule has 1 fully saturated rings. The van der Waals surface area contributed by atoms with E-state index in [0.717, 1.165) is 29.9 Å². The highest BCUT2D eigenvalue weighted by Crippen LogP contribution is 2.32. The number of amides is 1. The molecule has 21 heavy (non-hydrogen) atoms. The van der Waals surface area contributed by atoms with Crippen LogP contribution in [-0.4, -0.2) is 22.9 Å². The lowest BCUT2D eigenvalue weighted by molar-refractivity contribution is 0.0549. The molecule has 1 aromatic rings. The highest BCUT2D eigenvalue weighted by Gasteiger charge is 2.29. The third-order valence-electron chi connectivity index (χ3n) is 4.94. The third kappa shape index (κ3) is 3.87. The highest BCUT2D eigenvalue weighted by molar-refractivity contribution is 5.94. The first-order valence-electron chi connectivity index (χ1n) is 8.42. The maximum Gasteiger partial charge on any atom is 0.254 e. The largest absolute Gasteiger partial charge is 0.333 e. The predicted molar refractivity (Wildman–Crippen MR) is 88.5 cm³/mol. The van der Waals surface area contributed by atoms with Gasteiger partial charge in [0.15, 0.2) is 0 Å². The molecule has 1 aliphatic carbocycles. The first-order valence-corrected chi connectivity index (χ1v) is 8.42. The average Bonchev–Trinajstić information content (AvgIpc) is 2.42. The molecule has 2 rings (SSSR count). The number of hydrogen-bond acceptors (Lipinski definition) is 1. The first-order chi connectivity index (χ1) is 10.0. The van der Waals surface area contributed by atoms with Crippen LogP contribution in [0.4, 0.5) is 0 Å². The molecule has 0 N–H and O–H groups in total. The monoisotopic (exact) mass is 287 g/mol. The van der Waals surface area contributed by atoms with Gasteiger partial charge in [0.05, 0.1) is 0 Å². The van der Waals surface area contributed by atoms with Crippen molar-refractivity contribution in [3.8, 4) is 0 Å². The lowest BCUT2D eigenvalue weighted by atomic mass is 9.80. The molecule has 2 unspecified atom stereocenters. The Hall–Kier alpha value is -1.31. The third-order valence-corrected chi connectivity index (χ3v) is 4.94. The van der Waals surface area contributed by atoms with Gasteiger partial charge in [-0.1, -0.05) is 43.9 Å². The Labute approximate surface area is 129 Å². The summed E-state index contributed by atoms with van der Waals surface area (Å²) >= 11 is 0. The van der Waals surface area contributed by atoms with Crippen molar-refractivity contribution in [3.63, 3.8) is 0 Å². The van der Waals surface area contributed by atoms with E-state index in [-0.39, 0.29) is 5.91 Å².